The molecule has 1 aromatic rings. The second-order valence-corrected chi connectivity index (χ2v) is 3.76. The summed E-state index contributed by atoms with van der Waals surface area (Å²) in [7, 11) is 0. The van der Waals surface area contributed by atoms with Crippen LogP contribution in [-0.2, 0) is 16.1 Å². The van der Waals surface area contributed by atoms with Crippen LogP contribution in [0.5, 0.6) is 0 Å². The minimum atomic E-state index is -0.549. The molecule has 0 radical (unpaired) electrons. The molecule has 0 saturated carbocycles. The van der Waals surface area contributed by atoms with Gasteiger partial charge in [0.15, 0.2) is 0 Å². The predicted molar refractivity (Wildman–Crippen MR) is 74.1 cm³/mol. The third-order valence-electron chi connectivity index (χ3n) is 2.21. The number of esters is 1. The van der Waals surface area contributed by atoms with E-state index >= 15 is 0 Å². The standard InChI is InChI=1S/C13H15N3O4/c1-2-7-20-12(17)9-14-13(18)16-11-5-3-10(4-6-11)8-15-19/h2-6H,1,7-9H2,(H2,14,16,18). The molecule has 0 atom stereocenters. The lowest BCUT2D eigenvalue weighted by Gasteiger charge is -2.07. The maximum atomic E-state index is 11.5. The molecule has 1 rings (SSSR count). The molecule has 20 heavy (non-hydrogen) atoms. The molecule has 0 fully saturated rings. The number of nitrogens with one attached hydrogen (secondary N) is 2. The molecule has 0 unspecified atom stereocenters. The SMILES string of the molecule is C=CCOC(=O)CNC(=O)Nc1ccc(CN=O)cc1. The number of hydrogen-bond acceptors (Lipinski definition) is 5. The highest BCUT2D eigenvalue weighted by molar-refractivity contribution is 5.91. The van der Waals surface area contributed by atoms with Gasteiger partial charge in [-0.2, -0.15) is 4.91 Å². The zero-order valence-electron chi connectivity index (χ0n) is 10.8. The maximum Gasteiger partial charge on any atom is 0.325 e. The first-order valence-electron chi connectivity index (χ1n) is 5.85. The van der Waals surface area contributed by atoms with Gasteiger partial charge in [0.2, 0.25) is 0 Å². The number of urea groups is 1. The number of hydrogen-bond donors (Lipinski definition) is 2. The molecule has 2 N–H and O–H groups in total. The molecule has 0 aromatic heterocycles. The van der Waals surface area contributed by atoms with Crippen LogP contribution in [0.15, 0.2) is 42.1 Å². The topological polar surface area (TPSA) is 96.9 Å². The summed E-state index contributed by atoms with van der Waals surface area (Å²) in [6, 6.07) is 6.10. The van der Waals surface area contributed by atoms with Crippen LogP contribution in [0, 0.1) is 4.91 Å². The Kier molecular flexibility index (Phi) is 6.46. The van der Waals surface area contributed by atoms with Crippen molar-refractivity contribution < 1.29 is 14.3 Å². The van der Waals surface area contributed by atoms with Crippen LogP contribution in [-0.4, -0.2) is 25.2 Å². The summed E-state index contributed by atoms with van der Waals surface area (Å²) in [4.78, 5) is 32.7. The van der Waals surface area contributed by atoms with Crippen LogP contribution >= 0.6 is 0 Å². The van der Waals surface area contributed by atoms with Gasteiger partial charge in [-0.15, -0.1) is 0 Å². The zero-order chi connectivity index (χ0) is 14.8. The number of rotatable bonds is 7. The molecule has 0 aliphatic carbocycles. The van der Waals surface area contributed by atoms with E-state index in [-0.39, 0.29) is 19.7 Å². The van der Waals surface area contributed by atoms with Crippen molar-refractivity contribution in [3.63, 3.8) is 0 Å². The van der Waals surface area contributed by atoms with Crippen molar-refractivity contribution in [3.8, 4) is 0 Å². The zero-order valence-corrected chi connectivity index (χ0v) is 10.8. The molecule has 1 aromatic carbocycles. The summed E-state index contributed by atoms with van der Waals surface area (Å²) in [5, 5.41) is 7.65. The van der Waals surface area contributed by atoms with Crippen LogP contribution < -0.4 is 10.6 Å². The first-order chi connectivity index (χ1) is 9.65. The van der Waals surface area contributed by atoms with Crippen LogP contribution in [0.3, 0.4) is 0 Å². The summed E-state index contributed by atoms with van der Waals surface area (Å²) in [5.41, 5.74) is 1.29. The maximum absolute atomic E-state index is 11.5. The van der Waals surface area contributed by atoms with Gasteiger partial charge in [-0.1, -0.05) is 30.0 Å². The smallest absolute Gasteiger partial charge is 0.325 e. The van der Waals surface area contributed by atoms with Crippen LogP contribution in [0.25, 0.3) is 0 Å². The molecule has 0 bridgehead atoms. The fourth-order valence-electron chi connectivity index (χ4n) is 1.30. The van der Waals surface area contributed by atoms with Crippen molar-refractivity contribution in [2.24, 2.45) is 5.18 Å². The van der Waals surface area contributed by atoms with Crippen molar-refractivity contribution in [2.75, 3.05) is 18.5 Å². The average Bonchev–Trinajstić information content (AvgIpc) is 2.45. The second kappa shape index (κ2) is 8.41. The molecular weight excluding hydrogens is 262 g/mol. The van der Waals surface area contributed by atoms with E-state index in [1.165, 1.54) is 6.08 Å². The number of nitroso groups, excluding NO2 is 1. The van der Waals surface area contributed by atoms with Crippen molar-refractivity contribution in [2.45, 2.75) is 6.54 Å². The minimum absolute atomic E-state index is 0.0849. The lowest BCUT2D eigenvalue weighted by Crippen LogP contribution is -2.34. The lowest BCUT2D eigenvalue weighted by molar-refractivity contribution is -0.141. The highest BCUT2D eigenvalue weighted by Gasteiger charge is 2.06. The van der Waals surface area contributed by atoms with E-state index in [9.17, 15) is 14.5 Å². The molecular formula is C13H15N3O4. The van der Waals surface area contributed by atoms with E-state index < -0.39 is 12.0 Å². The summed E-state index contributed by atoms with van der Waals surface area (Å²) in [6.07, 6.45) is 1.44. The minimum Gasteiger partial charge on any atom is -0.460 e. The Bertz CT molecular complexity index is 485. The molecule has 106 valence electrons. The van der Waals surface area contributed by atoms with E-state index in [1.54, 1.807) is 24.3 Å². The van der Waals surface area contributed by atoms with Crippen molar-refractivity contribution in [1.82, 2.24) is 5.32 Å². The number of nitrogens with zero attached hydrogens (tertiary/aromatic N) is 1. The Hall–Kier alpha value is -2.70. The third-order valence-corrected chi connectivity index (χ3v) is 2.21. The highest BCUT2D eigenvalue weighted by Crippen LogP contribution is 2.09. The second-order valence-electron chi connectivity index (χ2n) is 3.76. The number of benzene rings is 1. The van der Waals surface area contributed by atoms with Gasteiger partial charge in [0.1, 0.15) is 19.7 Å². The van der Waals surface area contributed by atoms with Gasteiger partial charge in [0.25, 0.3) is 0 Å². The molecule has 0 spiro atoms. The summed E-state index contributed by atoms with van der Waals surface area (Å²) < 4.78 is 4.69. The molecule has 0 saturated heterocycles. The largest absolute Gasteiger partial charge is 0.460 e. The van der Waals surface area contributed by atoms with Crippen molar-refractivity contribution >= 4 is 17.7 Å². The fraction of sp³-hybridized carbons (Fsp3) is 0.231. The van der Waals surface area contributed by atoms with Gasteiger partial charge in [-0.25, -0.2) is 4.79 Å². The lowest BCUT2D eigenvalue weighted by atomic mass is 10.2. The number of anilines is 1. The van der Waals surface area contributed by atoms with Crippen LogP contribution in [0.1, 0.15) is 5.56 Å². The molecule has 2 amide bonds. The number of amides is 2. The van der Waals surface area contributed by atoms with Crippen molar-refractivity contribution in [1.29, 1.82) is 0 Å². The van der Waals surface area contributed by atoms with E-state index in [1.807, 2.05) is 0 Å². The summed E-state index contributed by atoms with van der Waals surface area (Å²) >= 11 is 0. The molecule has 7 heteroatoms. The van der Waals surface area contributed by atoms with Gasteiger partial charge in [-0.3, -0.25) is 4.79 Å². The van der Waals surface area contributed by atoms with E-state index in [0.29, 0.717) is 5.69 Å². The van der Waals surface area contributed by atoms with E-state index in [0.717, 1.165) is 5.56 Å². The predicted octanol–water partition coefficient (Wildman–Crippen LogP) is 1.80. The quantitative estimate of drug-likeness (QED) is 0.451. The number of ether oxygens (including phenoxy) is 1. The Balaban J connectivity index is 2.36. The average molecular weight is 277 g/mol. The number of carbonyl (C=O) groups is 2. The van der Waals surface area contributed by atoms with Crippen LogP contribution in [0.2, 0.25) is 0 Å². The van der Waals surface area contributed by atoms with E-state index in [2.05, 4.69) is 22.4 Å². The summed E-state index contributed by atoms with van der Waals surface area (Å²) in [6.45, 7) is 3.36. The fourth-order valence-corrected chi connectivity index (χ4v) is 1.30. The van der Waals surface area contributed by atoms with Crippen molar-refractivity contribution in [3.05, 3.63) is 47.4 Å². The first-order valence-corrected chi connectivity index (χ1v) is 5.85. The first kappa shape index (κ1) is 15.4. The van der Waals surface area contributed by atoms with Gasteiger partial charge in [0.05, 0.1) is 0 Å². The molecule has 0 aliphatic rings. The Labute approximate surface area is 116 Å². The monoisotopic (exact) mass is 277 g/mol. The summed E-state index contributed by atoms with van der Waals surface area (Å²) in [5.74, 6) is -0.549. The van der Waals surface area contributed by atoms with Gasteiger partial charge in [-0.05, 0) is 17.7 Å². The molecule has 0 heterocycles. The molecule has 0 aliphatic heterocycles. The number of carbonyl (C=O) groups excluding carboxylic acids is 2. The van der Waals surface area contributed by atoms with Gasteiger partial charge < -0.3 is 15.4 Å². The molecule has 7 nitrogen and oxygen atoms in total. The highest BCUT2D eigenvalue weighted by atomic mass is 16.5. The van der Waals surface area contributed by atoms with E-state index in [4.69, 9.17) is 4.74 Å². The van der Waals surface area contributed by atoms with Gasteiger partial charge in [0, 0.05) is 5.69 Å². The normalized spacial score (nSPS) is 9.40. The Morgan fingerprint density at radius 3 is 2.60 bits per heavy atom. The van der Waals surface area contributed by atoms with Gasteiger partial charge >= 0.3 is 12.0 Å². The Morgan fingerprint density at radius 2 is 2.00 bits per heavy atom. The Morgan fingerprint density at radius 1 is 1.30 bits per heavy atom. The van der Waals surface area contributed by atoms with Crippen LogP contribution in [0.4, 0.5) is 10.5 Å². The third kappa shape index (κ3) is 5.76.